The van der Waals surface area contributed by atoms with Gasteiger partial charge in [0.05, 0.1) is 11.9 Å². The molecule has 3 rings (SSSR count). The minimum Gasteiger partial charge on any atom is -0.352 e. The van der Waals surface area contributed by atoms with Gasteiger partial charge in [0, 0.05) is 17.6 Å². The number of sulfonamides is 1. The Balaban J connectivity index is 1.94. The Morgan fingerprint density at radius 3 is 2.36 bits per heavy atom. The van der Waals surface area contributed by atoms with E-state index in [0.29, 0.717) is 28.3 Å². The molecule has 0 bridgehead atoms. The molecule has 0 radical (unpaired) electrons. The lowest BCUT2D eigenvalue weighted by atomic mass is 10.1. The second kappa shape index (κ2) is 12.1. The number of hydrogen-bond acceptors (Lipinski definition) is 4. The molecule has 10 heteroatoms. The third-order valence-electron chi connectivity index (χ3n) is 6.54. The minimum atomic E-state index is -3.86. The third-order valence-corrected chi connectivity index (χ3v) is 8.08. The van der Waals surface area contributed by atoms with Crippen molar-refractivity contribution in [2.75, 3.05) is 17.1 Å². The Bertz CT molecular complexity index is 1180. The van der Waals surface area contributed by atoms with Crippen LogP contribution in [0.5, 0.6) is 0 Å². The summed E-state index contributed by atoms with van der Waals surface area (Å²) < 4.78 is 40.0. The largest absolute Gasteiger partial charge is 0.352 e. The van der Waals surface area contributed by atoms with E-state index in [1.54, 1.807) is 44.2 Å². The summed E-state index contributed by atoms with van der Waals surface area (Å²) in [6.07, 6.45) is 5.23. The summed E-state index contributed by atoms with van der Waals surface area (Å²) >= 11 is 6.22. The summed E-state index contributed by atoms with van der Waals surface area (Å²) in [4.78, 5) is 28.4. The van der Waals surface area contributed by atoms with Crippen molar-refractivity contribution in [2.45, 2.75) is 64.6 Å². The minimum absolute atomic E-state index is 0.0296. The van der Waals surface area contributed by atoms with Crippen LogP contribution in [0, 0.1) is 12.7 Å². The summed E-state index contributed by atoms with van der Waals surface area (Å²) in [6.45, 7) is 3.01. The summed E-state index contributed by atoms with van der Waals surface area (Å²) in [7, 11) is -3.86. The summed E-state index contributed by atoms with van der Waals surface area (Å²) in [6, 6.07) is 9.77. The molecule has 1 fully saturated rings. The smallest absolute Gasteiger partial charge is 0.244 e. The van der Waals surface area contributed by atoms with Crippen molar-refractivity contribution in [3.8, 4) is 0 Å². The zero-order valence-corrected chi connectivity index (χ0v) is 22.4. The van der Waals surface area contributed by atoms with Crippen molar-refractivity contribution in [3.05, 3.63) is 64.4 Å². The second-order valence-electron chi connectivity index (χ2n) is 9.22. The fourth-order valence-corrected chi connectivity index (χ4v) is 5.60. The maximum Gasteiger partial charge on any atom is 0.244 e. The van der Waals surface area contributed by atoms with E-state index in [1.807, 2.05) is 0 Å². The monoisotopic (exact) mass is 537 g/mol. The zero-order valence-electron chi connectivity index (χ0n) is 20.8. The number of halogens is 2. The van der Waals surface area contributed by atoms with E-state index in [0.717, 1.165) is 36.2 Å². The molecule has 36 heavy (non-hydrogen) atoms. The van der Waals surface area contributed by atoms with Gasteiger partial charge in [-0.3, -0.25) is 13.9 Å². The molecule has 0 aromatic heterocycles. The Kier molecular flexibility index (Phi) is 9.35. The van der Waals surface area contributed by atoms with Crippen LogP contribution in [-0.2, 0) is 26.2 Å². The van der Waals surface area contributed by atoms with Crippen LogP contribution in [0.1, 0.15) is 50.2 Å². The molecule has 0 heterocycles. The van der Waals surface area contributed by atoms with Gasteiger partial charge < -0.3 is 10.2 Å². The van der Waals surface area contributed by atoms with E-state index in [9.17, 15) is 22.4 Å². The molecule has 1 unspecified atom stereocenters. The van der Waals surface area contributed by atoms with Gasteiger partial charge in [0.2, 0.25) is 21.8 Å². The molecular weight excluding hydrogens is 505 g/mol. The third kappa shape index (κ3) is 6.97. The molecule has 7 nitrogen and oxygen atoms in total. The van der Waals surface area contributed by atoms with Crippen molar-refractivity contribution in [2.24, 2.45) is 0 Å². The van der Waals surface area contributed by atoms with Gasteiger partial charge in [-0.1, -0.05) is 49.6 Å². The quantitative estimate of drug-likeness (QED) is 0.486. The molecule has 0 aliphatic heterocycles. The van der Waals surface area contributed by atoms with Gasteiger partial charge in [0.1, 0.15) is 18.4 Å². The number of nitrogens with zero attached hydrogens (tertiary/aromatic N) is 2. The average Bonchev–Trinajstić information content (AvgIpc) is 3.33. The zero-order chi connectivity index (χ0) is 26.5. The highest BCUT2D eigenvalue weighted by Gasteiger charge is 2.33. The topological polar surface area (TPSA) is 86.8 Å². The van der Waals surface area contributed by atoms with Crippen molar-refractivity contribution in [1.82, 2.24) is 10.2 Å². The highest BCUT2D eigenvalue weighted by Crippen LogP contribution is 2.28. The predicted molar refractivity (Wildman–Crippen MR) is 140 cm³/mol. The Morgan fingerprint density at radius 2 is 1.78 bits per heavy atom. The van der Waals surface area contributed by atoms with Gasteiger partial charge >= 0.3 is 0 Å². The normalized spacial score (nSPS) is 14.9. The number of nitrogens with one attached hydrogen (secondary N) is 1. The molecule has 1 aliphatic carbocycles. The van der Waals surface area contributed by atoms with Crippen LogP contribution in [-0.4, -0.2) is 50.0 Å². The van der Waals surface area contributed by atoms with Crippen LogP contribution in [0.25, 0.3) is 0 Å². The van der Waals surface area contributed by atoms with Crippen LogP contribution in [0.3, 0.4) is 0 Å². The highest BCUT2D eigenvalue weighted by atomic mass is 35.5. The highest BCUT2D eigenvalue weighted by molar-refractivity contribution is 7.92. The summed E-state index contributed by atoms with van der Waals surface area (Å²) in [5.74, 6) is -1.23. The van der Waals surface area contributed by atoms with Gasteiger partial charge in [-0.15, -0.1) is 0 Å². The van der Waals surface area contributed by atoms with E-state index in [2.05, 4.69) is 5.32 Å². The van der Waals surface area contributed by atoms with Crippen molar-refractivity contribution in [3.63, 3.8) is 0 Å². The molecule has 1 atom stereocenters. The van der Waals surface area contributed by atoms with Gasteiger partial charge in [0.25, 0.3) is 0 Å². The number of benzene rings is 2. The van der Waals surface area contributed by atoms with Crippen molar-refractivity contribution < 1.29 is 22.4 Å². The predicted octanol–water partition coefficient (Wildman–Crippen LogP) is 4.42. The van der Waals surface area contributed by atoms with Gasteiger partial charge in [0.15, 0.2) is 0 Å². The van der Waals surface area contributed by atoms with E-state index in [1.165, 1.54) is 17.0 Å². The molecule has 2 aromatic rings. The maximum absolute atomic E-state index is 13.7. The first-order valence-electron chi connectivity index (χ1n) is 12.1. The van der Waals surface area contributed by atoms with E-state index < -0.39 is 34.3 Å². The Labute approximate surface area is 217 Å². The Hall–Kier alpha value is -2.65. The fourth-order valence-electron chi connectivity index (χ4n) is 4.53. The van der Waals surface area contributed by atoms with Crippen molar-refractivity contribution >= 4 is 39.1 Å². The molecule has 0 spiro atoms. The molecule has 1 saturated carbocycles. The Morgan fingerprint density at radius 1 is 1.14 bits per heavy atom. The van der Waals surface area contributed by atoms with Crippen LogP contribution < -0.4 is 9.62 Å². The van der Waals surface area contributed by atoms with Gasteiger partial charge in [-0.2, -0.15) is 0 Å². The molecule has 196 valence electrons. The fraction of sp³-hybridized carbons (Fsp3) is 0.462. The summed E-state index contributed by atoms with van der Waals surface area (Å²) in [5.41, 5.74) is 1.44. The number of amides is 2. The number of carbonyl (C=O) groups is 2. The van der Waals surface area contributed by atoms with Gasteiger partial charge in [-0.25, -0.2) is 12.8 Å². The number of hydrogen-bond donors (Lipinski definition) is 1. The van der Waals surface area contributed by atoms with Crippen LogP contribution in [0.2, 0.25) is 5.02 Å². The first kappa shape index (κ1) is 27.9. The number of anilines is 1. The second-order valence-corrected chi connectivity index (χ2v) is 11.5. The molecular formula is C26H33ClFN3O4S. The average molecular weight is 538 g/mol. The van der Waals surface area contributed by atoms with Gasteiger partial charge in [-0.05, 0) is 61.6 Å². The maximum atomic E-state index is 13.7. The molecule has 2 amide bonds. The number of carbonyl (C=O) groups excluding carboxylic acids is 2. The molecule has 1 N–H and O–H groups in total. The first-order valence-corrected chi connectivity index (χ1v) is 14.3. The van der Waals surface area contributed by atoms with Crippen LogP contribution in [0.15, 0.2) is 42.5 Å². The molecule has 0 saturated heterocycles. The standard InChI is InChI=1S/C26H33ClFN3O4S/c1-4-23(26(33)29-21-8-5-6-9-21)30(16-19-12-14-20(28)15-13-19)25(32)17-31(36(3,34)35)24-11-7-10-22(27)18(24)2/h7,10-15,21,23H,4-6,8-9,16-17H2,1-3H3,(H,29,33). The number of rotatable bonds is 10. The van der Waals surface area contributed by atoms with Crippen molar-refractivity contribution in [1.29, 1.82) is 0 Å². The molecule has 1 aliphatic rings. The lowest BCUT2D eigenvalue weighted by Gasteiger charge is -2.33. The van der Waals surface area contributed by atoms with Crippen LogP contribution >= 0.6 is 11.6 Å². The van der Waals surface area contributed by atoms with E-state index in [-0.39, 0.29) is 18.5 Å². The van der Waals surface area contributed by atoms with Crippen LogP contribution in [0.4, 0.5) is 10.1 Å². The summed E-state index contributed by atoms with van der Waals surface area (Å²) in [5, 5.41) is 3.42. The van der Waals surface area contributed by atoms with E-state index in [4.69, 9.17) is 11.6 Å². The SMILES string of the molecule is CCC(C(=O)NC1CCCC1)N(Cc1ccc(F)cc1)C(=O)CN(c1cccc(Cl)c1C)S(C)(=O)=O. The lowest BCUT2D eigenvalue weighted by Crippen LogP contribution is -2.53. The molecule has 2 aromatic carbocycles. The first-order chi connectivity index (χ1) is 17.0. The lowest BCUT2D eigenvalue weighted by molar-refractivity contribution is -0.140. The van der Waals surface area contributed by atoms with E-state index >= 15 is 0 Å².